The van der Waals surface area contributed by atoms with E-state index < -0.39 is 0 Å². The molecule has 0 unspecified atom stereocenters. The molecule has 3 aliphatic rings. The Kier molecular flexibility index (Phi) is 1.74. The summed E-state index contributed by atoms with van der Waals surface area (Å²) in [6.45, 7) is 2.09. The highest BCUT2D eigenvalue weighted by atomic mass is 16.5. The summed E-state index contributed by atoms with van der Waals surface area (Å²) in [6, 6.07) is 0. The molecule has 3 heteroatoms. The van der Waals surface area contributed by atoms with Gasteiger partial charge in [0.2, 0.25) is 0 Å². The van der Waals surface area contributed by atoms with Gasteiger partial charge in [-0.1, -0.05) is 0 Å². The third-order valence-electron chi connectivity index (χ3n) is 3.30. The number of fused-ring (bicyclic) bond motifs is 2. The molecular weight excluding hydrogens is 176 g/mol. The SMILES string of the molecule is C1=NC=C2C(=COC23CCNCC3)C1. The zero-order valence-corrected chi connectivity index (χ0v) is 8.12. The van der Waals surface area contributed by atoms with Gasteiger partial charge in [-0.15, -0.1) is 0 Å². The van der Waals surface area contributed by atoms with Crippen molar-refractivity contribution in [2.75, 3.05) is 13.1 Å². The number of ether oxygens (including phenoxy) is 1. The third-order valence-corrected chi connectivity index (χ3v) is 3.30. The predicted molar refractivity (Wildman–Crippen MR) is 55.2 cm³/mol. The average molecular weight is 190 g/mol. The zero-order valence-electron chi connectivity index (χ0n) is 8.12. The van der Waals surface area contributed by atoms with Gasteiger partial charge in [0.15, 0.2) is 0 Å². The lowest BCUT2D eigenvalue weighted by Gasteiger charge is -2.35. The molecule has 0 bridgehead atoms. The Balaban J connectivity index is 1.95. The van der Waals surface area contributed by atoms with E-state index in [1.807, 2.05) is 18.7 Å². The van der Waals surface area contributed by atoms with Gasteiger partial charge >= 0.3 is 0 Å². The molecular formula is C11H14N2O. The van der Waals surface area contributed by atoms with Crippen molar-refractivity contribution in [3.63, 3.8) is 0 Å². The van der Waals surface area contributed by atoms with Gasteiger partial charge in [0.25, 0.3) is 0 Å². The lowest BCUT2D eigenvalue weighted by molar-refractivity contribution is 0.0450. The van der Waals surface area contributed by atoms with Gasteiger partial charge in [0.1, 0.15) is 5.60 Å². The topological polar surface area (TPSA) is 33.6 Å². The summed E-state index contributed by atoms with van der Waals surface area (Å²) in [7, 11) is 0. The van der Waals surface area contributed by atoms with Crippen molar-refractivity contribution < 1.29 is 4.74 Å². The minimum atomic E-state index is -0.0433. The maximum atomic E-state index is 5.88. The Morgan fingerprint density at radius 1 is 1.36 bits per heavy atom. The van der Waals surface area contributed by atoms with Crippen LogP contribution >= 0.6 is 0 Å². The van der Waals surface area contributed by atoms with Crippen LogP contribution in [-0.2, 0) is 4.74 Å². The standard InChI is InChI=1S/C11H14N2O/c1-4-13-7-10-9(1)8-14-11(10)2-5-12-6-3-11/h4,7-8,12H,1-3,5-6H2. The molecule has 0 aromatic carbocycles. The van der Waals surface area contributed by atoms with Crippen LogP contribution in [0.15, 0.2) is 28.6 Å². The molecule has 3 heterocycles. The maximum absolute atomic E-state index is 5.88. The molecule has 0 radical (unpaired) electrons. The number of rotatable bonds is 0. The second-order valence-electron chi connectivity index (χ2n) is 4.08. The Hall–Kier alpha value is -1.09. The second kappa shape index (κ2) is 2.95. The smallest absolute Gasteiger partial charge is 0.137 e. The number of hydrogen-bond acceptors (Lipinski definition) is 3. The first-order chi connectivity index (χ1) is 6.91. The Bertz CT molecular complexity index is 335. The van der Waals surface area contributed by atoms with E-state index in [1.165, 1.54) is 11.1 Å². The molecule has 1 spiro atoms. The van der Waals surface area contributed by atoms with E-state index in [0.717, 1.165) is 32.4 Å². The highest BCUT2D eigenvalue weighted by molar-refractivity contribution is 5.68. The molecule has 0 aromatic heterocycles. The summed E-state index contributed by atoms with van der Waals surface area (Å²) in [5, 5.41) is 3.36. The highest BCUT2D eigenvalue weighted by Gasteiger charge is 2.42. The molecule has 1 N–H and O–H groups in total. The summed E-state index contributed by atoms with van der Waals surface area (Å²) in [5.41, 5.74) is 2.60. The fraction of sp³-hybridized carbons (Fsp3) is 0.545. The van der Waals surface area contributed by atoms with Crippen molar-refractivity contribution in [1.82, 2.24) is 5.32 Å². The van der Waals surface area contributed by atoms with Crippen LogP contribution in [0.1, 0.15) is 19.3 Å². The van der Waals surface area contributed by atoms with Crippen molar-refractivity contribution in [3.8, 4) is 0 Å². The fourth-order valence-corrected chi connectivity index (χ4v) is 2.46. The highest BCUT2D eigenvalue weighted by Crippen LogP contribution is 2.42. The Morgan fingerprint density at radius 2 is 2.21 bits per heavy atom. The zero-order chi connectivity index (χ0) is 9.43. The minimum Gasteiger partial charge on any atom is -0.490 e. The van der Waals surface area contributed by atoms with Gasteiger partial charge in [-0.2, -0.15) is 0 Å². The van der Waals surface area contributed by atoms with Gasteiger partial charge < -0.3 is 10.1 Å². The van der Waals surface area contributed by atoms with Crippen LogP contribution in [0.2, 0.25) is 0 Å². The van der Waals surface area contributed by atoms with Crippen molar-refractivity contribution in [2.24, 2.45) is 4.99 Å². The van der Waals surface area contributed by atoms with E-state index in [9.17, 15) is 0 Å². The first-order valence-corrected chi connectivity index (χ1v) is 5.21. The van der Waals surface area contributed by atoms with Gasteiger partial charge in [-0.25, -0.2) is 0 Å². The van der Waals surface area contributed by atoms with Crippen LogP contribution in [0.25, 0.3) is 0 Å². The van der Waals surface area contributed by atoms with Crippen LogP contribution in [-0.4, -0.2) is 24.9 Å². The largest absolute Gasteiger partial charge is 0.490 e. The van der Waals surface area contributed by atoms with Gasteiger partial charge in [-0.05, 0) is 13.1 Å². The minimum absolute atomic E-state index is 0.0433. The Morgan fingerprint density at radius 3 is 3.07 bits per heavy atom. The van der Waals surface area contributed by atoms with Crippen LogP contribution < -0.4 is 5.32 Å². The summed E-state index contributed by atoms with van der Waals surface area (Å²) in [6.07, 6.45) is 8.92. The lowest BCUT2D eigenvalue weighted by atomic mass is 9.82. The molecule has 3 rings (SSSR count). The maximum Gasteiger partial charge on any atom is 0.137 e. The van der Waals surface area contributed by atoms with Crippen molar-refractivity contribution >= 4 is 6.21 Å². The monoisotopic (exact) mass is 190 g/mol. The van der Waals surface area contributed by atoms with E-state index in [2.05, 4.69) is 10.3 Å². The summed E-state index contributed by atoms with van der Waals surface area (Å²) in [5.74, 6) is 0. The number of nitrogens with zero attached hydrogens (tertiary/aromatic N) is 1. The molecule has 14 heavy (non-hydrogen) atoms. The molecule has 0 amide bonds. The van der Waals surface area contributed by atoms with Crippen molar-refractivity contribution in [1.29, 1.82) is 0 Å². The molecule has 1 saturated heterocycles. The van der Waals surface area contributed by atoms with Crippen LogP contribution in [0.3, 0.4) is 0 Å². The first-order valence-electron chi connectivity index (χ1n) is 5.21. The molecule has 1 fully saturated rings. The lowest BCUT2D eigenvalue weighted by Crippen LogP contribution is -2.43. The molecule has 3 aliphatic heterocycles. The summed E-state index contributed by atoms with van der Waals surface area (Å²) < 4.78 is 5.88. The summed E-state index contributed by atoms with van der Waals surface area (Å²) >= 11 is 0. The molecule has 0 saturated carbocycles. The molecule has 3 nitrogen and oxygen atoms in total. The van der Waals surface area contributed by atoms with Crippen LogP contribution in [0, 0.1) is 0 Å². The first kappa shape index (κ1) is 8.24. The summed E-state index contributed by atoms with van der Waals surface area (Å²) in [4.78, 5) is 4.24. The third kappa shape index (κ3) is 1.05. The van der Waals surface area contributed by atoms with Crippen LogP contribution in [0.5, 0.6) is 0 Å². The van der Waals surface area contributed by atoms with E-state index >= 15 is 0 Å². The molecule has 74 valence electrons. The van der Waals surface area contributed by atoms with E-state index in [1.54, 1.807) is 0 Å². The number of aliphatic imine (C=N–C) groups is 1. The predicted octanol–water partition coefficient (Wildman–Crippen LogP) is 1.38. The fourth-order valence-electron chi connectivity index (χ4n) is 2.46. The molecule has 0 atom stereocenters. The van der Waals surface area contributed by atoms with Gasteiger partial charge in [0, 0.05) is 42.8 Å². The second-order valence-corrected chi connectivity index (χ2v) is 4.08. The van der Waals surface area contributed by atoms with Gasteiger partial charge in [0.05, 0.1) is 6.26 Å². The number of nitrogens with one attached hydrogen (secondary N) is 1. The number of piperidine rings is 1. The van der Waals surface area contributed by atoms with Crippen molar-refractivity contribution in [3.05, 3.63) is 23.6 Å². The quantitative estimate of drug-likeness (QED) is 0.626. The van der Waals surface area contributed by atoms with E-state index in [4.69, 9.17) is 4.74 Å². The van der Waals surface area contributed by atoms with E-state index in [-0.39, 0.29) is 5.60 Å². The van der Waals surface area contributed by atoms with Crippen LogP contribution in [0.4, 0.5) is 0 Å². The normalized spacial score (nSPS) is 28.0. The average Bonchev–Trinajstić information content (AvgIpc) is 2.60. The number of hydrogen-bond donors (Lipinski definition) is 1. The molecule has 0 aromatic rings. The Labute approximate surface area is 83.6 Å². The molecule has 0 aliphatic carbocycles. The van der Waals surface area contributed by atoms with Gasteiger partial charge in [-0.3, -0.25) is 4.99 Å². The van der Waals surface area contributed by atoms with Crippen molar-refractivity contribution in [2.45, 2.75) is 24.9 Å². The van der Waals surface area contributed by atoms with E-state index in [0.29, 0.717) is 0 Å².